The van der Waals surface area contributed by atoms with Crippen LogP contribution < -0.4 is 26.0 Å². The second-order valence-electron chi connectivity index (χ2n) is 3.86. The van der Waals surface area contributed by atoms with Gasteiger partial charge in [0.25, 0.3) is 0 Å². The van der Waals surface area contributed by atoms with Crippen molar-refractivity contribution >= 4 is 19.1 Å². The summed E-state index contributed by atoms with van der Waals surface area (Å²) in [6.45, 7) is 0. The highest BCUT2D eigenvalue weighted by atomic mass is 31.2. The Bertz CT molecular complexity index is 547. The Hall–Kier alpha value is -2.17. The Morgan fingerprint density at radius 3 is 1.37 bits per heavy atom. The summed E-state index contributed by atoms with van der Waals surface area (Å²) in [6.07, 6.45) is 0. The normalized spacial score (nSPS) is 11.0. The molecule has 2 aromatic carbocycles. The molecule has 0 radical (unpaired) electrons. The van der Waals surface area contributed by atoms with Crippen LogP contribution in [0.3, 0.4) is 0 Å². The van der Waals surface area contributed by atoms with Crippen molar-refractivity contribution in [1.29, 1.82) is 0 Å². The third-order valence-corrected chi connectivity index (χ3v) is 3.16. The van der Waals surface area contributed by atoms with Gasteiger partial charge in [-0.05, 0) is 48.5 Å². The number of rotatable bonds is 4. The Balaban J connectivity index is 2.08. The molecule has 0 heterocycles. The molecule has 0 amide bonds. The number of anilines is 2. The molecule has 0 aliphatic heterocycles. The molecule has 0 atom stereocenters. The van der Waals surface area contributed by atoms with Gasteiger partial charge >= 0.3 is 7.75 Å². The molecule has 0 aliphatic carbocycles. The summed E-state index contributed by atoms with van der Waals surface area (Å²) in [4.78, 5) is 0. The van der Waals surface area contributed by atoms with Gasteiger partial charge in [-0.2, -0.15) is 0 Å². The Morgan fingerprint density at radius 2 is 1.05 bits per heavy atom. The van der Waals surface area contributed by atoms with Gasteiger partial charge in [-0.25, -0.2) is 10.1 Å². The molecule has 0 fully saturated rings. The molecule has 6 N–H and O–H groups in total. The molecule has 0 unspecified atom stereocenters. The van der Waals surface area contributed by atoms with Crippen LogP contribution in [0.15, 0.2) is 48.5 Å². The summed E-state index contributed by atoms with van der Waals surface area (Å²) in [7, 11) is -3.75. The van der Waals surface area contributed by atoms with E-state index in [1.807, 2.05) is 0 Å². The zero-order chi connectivity index (χ0) is 13.9. The first kappa shape index (κ1) is 13.3. The fourth-order valence-corrected chi connectivity index (χ4v) is 2.24. The van der Waals surface area contributed by atoms with Crippen LogP contribution in [0, 0.1) is 0 Å². The smallest absolute Gasteiger partial charge is 0.405 e. The number of nitrogen functional groups attached to an aromatic ring is 2. The third-order valence-electron chi connectivity index (χ3n) is 2.23. The maximum Gasteiger partial charge on any atom is 0.510 e. The maximum absolute atomic E-state index is 12.0. The predicted molar refractivity (Wildman–Crippen MR) is 74.8 cm³/mol. The van der Waals surface area contributed by atoms with Crippen LogP contribution in [0.5, 0.6) is 11.5 Å². The molecule has 2 rings (SSSR count). The highest BCUT2D eigenvalue weighted by Gasteiger charge is 2.21. The number of benzene rings is 2. The molecule has 6 nitrogen and oxygen atoms in total. The van der Waals surface area contributed by atoms with Crippen LogP contribution in [0.4, 0.5) is 11.4 Å². The van der Waals surface area contributed by atoms with Crippen molar-refractivity contribution in [3.05, 3.63) is 48.5 Å². The molecule has 0 saturated heterocycles. The summed E-state index contributed by atoms with van der Waals surface area (Å²) in [5.41, 5.74) is 17.7. The van der Waals surface area contributed by atoms with E-state index in [1.54, 1.807) is 48.5 Å². The van der Waals surface area contributed by atoms with Crippen LogP contribution in [-0.4, -0.2) is 0 Å². The molecule has 0 aliphatic rings. The average molecular weight is 279 g/mol. The molecule has 100 valence electrons. The number of nitrogens with two attached hydrogens (primary N) is 3. The molecule has 0 aromatic heterocycles. The molecule has 0 saturated carbocycles. The van der Waals surface area contributed by atoms with Gasteiger partial charge in [-0.15, -0.1) is 0 Å². The van der Waals surface area contributed by atoms with Gasteiger partial charge in [-0.1, -0.05) is 0 Å². The van der Waals surface area contributed by atoms with Gasteiger partial charge in [0.2, 0.25) is 0 Å². The maximum atomic E-state index is 12.0. The lowest BCUT2D eigenvalue weighted by Gasteiger charge is -2.15. The van der Waals surface area contributed by atoms with Crippen molar-refractivity contribution in [3.8, 4) is 11.5 Å². The van der Waals surface area contributed by atoms with Crippen LogP contribution in [0.1, 0.15) is 0 Å². The van der Waals surface area contributed by atoms with E-state index in [0.29, 0.717) is 22.9 Å². The largest absolute Gasteiger partial charge is 0.510 e. The Labute approximate surface area is 110 Å². The van der Waals surface area contributed by atoms with E-state index in [9.17, 15) is 4.57 Å². The van der Waals surface area contributed by atoms with E-state index in [2.05, 4.69) is 0 Å². The molecule has 0 bridgehead atoms. The summed E-state index contributed by atoms with van der Waals surface area (Å²) in [5, 5.41) is 0. The average Bonchev–Trinajstić information content (AvgIpc) is 2.34. The second kappa shape index (κ2) is 5.22. The van der Waals surface area contributed by atoms with Crippen molar-refractivity contribution in [2.45, 2.75) is 0 Å². The lowest BCUT2D eigenvalue weighted by molar-refractivity contribution is 0.387. The summed E-state index contributed by atoms with van der Waals surface area (Å²) in [5.74, 6) is 0.631. The number of hydrogen-bond donors (Lipinski definition) is 3. The van der Waals surface area contributed by atoms with Crippen LogP contribution in [0.25, 0.3) is 0 Å². The van der Waals surface area contributed by atoms with Gasteiger partial charge in [0.15, 0.2) is 0 Å². The van der Waals surface area contributed by atoms with Gasteiger partial charge in [0.1, 0.15) is 11.5 Å². The minimum absolute atomic E-state index is 0.315. The van der Waals surface area contributed by atoms with Gasteiger partial charge in [-0.3, -0.25) is 0 Å². The van der Waals surface area contributed by atoms with E-state index >= 15 is 0 Å². The molecular weight excluding hydrogens is 265 g/mol. The highest BCUT2D eigenvalue weighted by Crippen LogP contribution is 2.41. The van der Waals surface area contributed by atoms with Crippen molar-refractivity contribution in [3.63, 3.8) is 0 Å². The fraction of sp³-hybridized carbons (Fsp3) is 0. The minimum Gasteiger partial charge on any atom is -0.405 e. The second-order valence-corrected chi connectivity index (χ2v) is 5.31. The van der Waals surface area contributed by atoms with Crippen LogP contribution >= 0.6 is 7.75 Å². The first-order chi connectivity index (χ1) is 8.94. The van der Waals surface area contributed by atoms with Crippen molar-refractivity contribution in [1.82, 2.24) is 0 Å². The van der Waals surface area contributed by atoms with Gasteiger partial charge < -0.3 is 20.5 Å². The predicted octanol–water partition coefficient (Wildman–Crippen LogP) is 2.38. The van der Waals surface area contributed by atoms with Crippen LogP contribution in [-0.2, 0) is 4.57 Å². The quantitative estimate of drug-likeness (QED) is 0.584. The molecule has 7 heteroatoms. The first-order valence-electron chi connectivity index (χ1n) is 5.43. The standard InChI is InChI=1S/C12H14N3O3P/c13-9-1-5-11(6-2-9)17-19(15,16)18-12-7-3-10(14)4-8-12/h1-8H,13-14H2,(H2,15,16). The van der Waals surface area contributed by atoms with Gasteiger partial charge in [0, 0.05) is 11.4 Å². The summed E-state index contributed by atoms with van der Waals surface area (Å²) in [6, 6.07) is 12.7. The Morgan fingerprint density at radius 1 is 0.737 bits per heavy atom. The topological polar surface area (TPSA) is 114 Å². The fourth-order valence-electron chi connectivity index (χ4n) is 1.37. The minimum atomic E-state index is -3.75. The monoisotopic (exact) mass is 279 g/mol. The zero-order valence-corrected chi connectivity index (χ0v) is 10.9. The van der Waals surface area contributed by atoms with Crippen LogP contribution in [0.2, 0.25) is 0 Å². The Kier molecular flexibility index (Phi) is 3.64. The van der Waals surface area contributed by atoms with E-state index < -0.39 is 7.75 Å². The molecule has 2 aromatic rings. The summed E-state index contributed by atoms with van der Waals surface area (Å²) >= 11 is 0. The molecule has 19 heavy (non-hydrogen) atoms. The van der Waals surface area contributed by atoms with E-state index in [-0.39, 0.29) is 0 Å². The molecular formula is C12H14N3O3P. The highest BCUT2D eigenvalue weighted by molar-refractivity contribution is 7.52. The number of hydrogen-bond acceptors (Lipinski definition) is 5. The SMILES string of the molecule is Nc1ccc(OP(N)(=O)Oc2ccc(N)cc2)cc1. The third kappa shape index (κ3) is 3.91. The molecule has 0 spiro atoms. The van der Waals surface area contributed by atoms with E-state index in [4.69, 9.17) is 26.0 Å². The van der Waals surface area contributed by atoms with Crippen molar-refractivity contribution in [2.24, 2.45) is 5.50 Å². The summed E-state index contributed by atoms with van der Waals surface area (Å²) < 4.78 is 22.2. The van der Waals surface area contributed by atoms with Crippen molar-refractivity contribution < 1.29 is 13.6 Å². The van der Waals surface area contributed by atoms with E-state index in [0.717, 1.165) is 0 Å². The van der Waals surface area contributed by atoms with Crippen molar-refractivity contribution in [2.75, 3.05) is 11.5 Å². The first-order valence-corrected chi connectivity index (χ1v) is 7.05. The zero-order valence-electron chi connectivity index (χ0n) is 10.0. The van der Waals surface area contributed by atoms with Gasteiger partial charge in [0.05, 0.1) is 0 Å². The lowest BCUT2D eigenvalue weighted by atomic mass is 10.3. The lowest BCUT2D eigenvalue weighted by Crippen LogP contribution is -2.09. The van der Waals surface area contributed by atoms with E-state index in [1.165, 1.54) is 0 Å².